The van der Waals surface area contributed by atoms with Crippen molar-refractivity contribution in [2.45, 2.75) is 0 Å². The number of halogens is 1. The minimum absolute atomic E-state index is 0.237. The summed E-state index contributed by atoms with van der Waals surface area (Å²) in [4.78, 5) is 14.5. The van der Waals surface area contributed by atoms with Gasteiger partial charge in [-0.15, -0.1) is 11.3 Å². The van der Waals surface area contributed by atoms with E-state index in [4.69, 9.17) is 5.73 Å². The summed E-state index contributed by atoms with van der Waals surface area (Å²) in [6.07, 6.45) is 0. The Morgan fingerprint density at radius 2 is 1.95 bits per heavy atom. The van der Waals surface area contributed by atoms with Crippen molar-refractivity contribution < 1.29 is 9.18 Å². The van der Waals surface area contributed by atoms with Gasteiger partial charge >= 0.3 is 0 Å². The van der Waals surface area contributed by atoms with Crippen molar-refractivity contribution in [3.8, 4) is 0 Å². The molecule has 0 saturated carbocycles. The molecule has 1 aromatic heterocycles. The number of hydrogen-bond donors (Lipinski definition) is 1. The number of anilines is 2. The molecule has 0 aliphatic carbocycles. The zero-order chi connectivity index (χ0) is 15.0. The molecule has 0 unspecified atom stereocenters. The fourth-order valence-electron chi connectivity index (χ4n) is 2.18. The van der Waals surface area contributed by atoms with E-state index in [1.165, 1.54) is 28.4 Å². The lowest BCUT2D eigenvalue weighted by Crippen LogP contribution is -2.26. The number of thiophene rings is 1. The molecule has 0 bridgehead atoms. The van der Waals surface area contributed by atoms with Crippen LogP contribution in [0.5, 0.6) is 0 Å². The molecule has 0 atom stereocenters. The fraction of sp³-hybridized carbons (Fsp3) is 0.0625. The minimum Gasteiger partial charge on any atom is -0.397 e. The first kappa shape index (κ1) is 13.6. The van der Waals surface area contributed by atoms with Gasteiger partial charge in [-0.25, -0.2) is 4.39 Å². The quantitative estimate of drug-likeness (QED) is 0.780. The first-order valence-corrected chi connectivity index (χ1v) is 7.20. The molecule has 5 heteroatoms. The molecule has 21 heavy (non-hydrogen) atoms. The van der Waals surface area contributed by atoms with Crippen LogP contribution in [0.4, 0.5) is 15.8 Å². The molecule has 0 radical (unpaired) electrons. The maximum atomic E-state index is 13.3. The molecule has 3 rings (SSSR count). The van der Waals surface area contributed by atoms with Crippen LogP contribution in [-0.4, -0.2) is 13.0 Å². The summed E-state index contributed by atoms with van der Waals surface area (Å²) in [6.45, 7) is 0. The zero-order valence-electron chi connectivity index (χ0n) is 11.3. The highest BCUT2D eigenvalue weighted by Gasteiger charge is 2.20. The molecule has 3 aromatic rings. The summed E-state index contributed by atoms with van der Waals surface area (Å²) < 4.78 is 14.2. The van der Waals surface area contributed by atoms with E-state index in [0.29, 0.717) is 16.3 Å². The molecule has 1 heterocycles. The predicted molar refractivity (Wildman–Crippen MR) is 85.4 cm³/mol. The summed E-state index contributed by atoms with van der Waals surface area (Å²) >= 11 is 1.35. The third kappa shape index (κ3) is 2.36. The summed E-state index contributed by atoms with van der Waals surface area (Å²) in [6, 6.07) is 13.5. The number of hydrogen-bond acceptors (Lipinski definition) is 3. The van der Waals surface area contributed by atoms with E-state index in [9.17, 15) is 9.18 Å². The summed E-state index contributed by atoms with van der Waals surface area (Å²) in [5.41, 5.74) is 7.05. The van der Waals surface area contributed by atoms with Crippen molar-refractivity contribution >= 4 is 38.7 Å². The number of nitrogens with two attached hydrogens (primary N) is 1. The number of carbonyl (C=O) groups excluding carboxylic acids is 1. The topological polar surface area (TPSA) is 46.3 Å². The number of benzene rings is 2. The Balaban J connectivity index is 2.02. The third-order valence-corrected chi connectivity index (χ3v) is 4.50. The smallest absolute Gasteiger partial charge is 0.270 e. The van der Waals surface area contributed by atoms with Crippen molar-refractivity contribution in [3.63, 3.8) is 0 Å². The maximum Gasteiger partial charge on any atom is 0.270 e. The highest BCUT2D eigenvalue weighted by atomic mass is 32.1. The Labute approximate surface area is 125 Å². The van der Waals surface area contributed by atoms with Crippen molar-refractivity contribution in [1.29, 1.82) is 0 Å². The predicted octanol–water partition coefficient (Wildman–Crippen LogP) is 3.90. The molecule has 2 N–H and O–H groups in total. The number of carbonyl (C=O) groups is 1. The van der Waals surface area contributed by atoms with E-state index in [0.717, 1.165) is 10.1 Å². The van der Waals surface area contributed by atoms with Crippen LogP contribution in [0.15, 0.2) is 48.5 Å². The normalized spacial score (nSPS) is 10.8. The SMILES string of the molecule is CN(C(=O)c1sc2ccccc2c1N)c1cccc(F)c1. The van der Waals surface area contributed by atoms with Crippen molar-refractivity contribution in [2.75, 3.05) is 17.7 Å². The lowest BCUT2D eigenvalue weighted by molar-refractivity contribution is 0.0997. The van der Waals surface area contributed by atoms with Gasteiger partial charge in [0.2, 0.25) is 0 Å². The third-order valence-electron chi connectivity index (χ3n) is 3.33. The average molecular weight is 300 g/mol. The van der Waals surface area contributed by atoms with E-state index in [2.05, 4.69) is 0 Å². The molecule has 0 fully saturated rings. The standard InChI is InChI=1S/C16H13FN2OS/c1-19(11-6-4-5-10(17)9-11)16(20)15-14(18)12-7-2-3-8-13(12)21-15/h2-9H,18H2,1H3. The Morgan fingerprint density at radius 3 is 2.67 bits per heavy atom. The summed E-state index contributed by atoms with van der Waals surface area (Å²) in [5.74, 6) is -0.615. The van der Waals surface area contributed by atoms with E-state index >= 15 is 0 Å². The van der Waals surface area contributed by atoms with E-state index in [1.807, 2.05) is 24.3 Å². The lowest BCUT2D eigenvalue weighted by atomic mass is 10.2. The van der Waals surface area contributed by atoms with Gasteiger partial charge in [-0.1, -0.05) is 24.3 Å². The second-order valence-electron chi connectivity index (χ2n) is 4.69. The molecule has 0 aliphatic heterocycles. The minimum atomic E-state index is -0.378. The van der Waals surface area contributed by atoms with Gasteiger partial charge in [0, 0.05) is 22.8 Å². The molecular formula is C16H13FN2OS. The molecular weight excluding hydrogens is 287 g/mol. The van der Waals surface area contributed by atoms with Gasteiger partial charge in [0.1, 0.15) is 10.7 Å². The molecule has 3 nitrogen and oxygen atoms in total. The highest BCUT2D eigenvalue weighted by molar-refractivity contribution is 7.21. The fourth-order valence-corrected chi connectivity index (χ4v) is 3.28. The number of rotatable bonds is 2. The first-order valence-electron chi connectivity index (χ1n) is 6.38. The van der Waals surface area contributed by atoms with Crippen LogP contribution in [0.3, 0.4) is 0 Å². The Bertz CT molecular complexity index is 828. The number of amides is 1. The van der Waals surface area contributed by atoms with Crippen molar-refractivity contribution in [3.05, 3.63) is 59.2 Å². The van der Waals surface area contributed by atoms with Gasteiger partial charge in [-0.3, -0.25) is 4.79 Å². The zero-order valence-corrected chi connectivity index (χ0v) is 12.2. The lowest BCUT2D eigenvalue weighted by Gasteiger charge is -2.16. The Morgan fingerprint density at radius 1 is 1.19 bits per heavy atom. The molecule has 1 amide bonds. The van der Waals surface area contributed by atoms with E-state index < -0.39 is 0 Å². The van der Waals surface area contributed by atoms with Gasteiger partial charge < -0.3 is 10.6 Å². The number of nitrogens with zero attached hydrogens (tertiary/aromatic N) is 1. The molecule has 0 spiro atoms. The summed E-state index contributed by atoms with van der Waals surface area (Å²) in [5, 5.41) is 0.874. The Hall–Kier alpha value is -2.40. The molecule has 2 aromatic carbocycles. The molecule has 0 saturated heterocycles. The first-order chi connectivity index (χ1) is 10.1. The van der Waals surface area contributed by atoms with E-state index in [-0.39, 0.29) is 11.7 Å². The van der Waals surface area contributed by atoms with Crippen LogP contribution in [0.25, 0.3) is 10.1 Å². The second-order valence-corrected chi connectivity index (χ2v) is 5.74. The van der Waals surface area contributed by atoms with E-state index in [1.54, 1.807) is 19.2 Å². The summed E-state index contributed by atoms with van der Waals surface area (Å²) in [7, 11) is 1.61. The van der Waals surface area contributed by atoms with Gasteiger partial charge in [0.15, 0.2) is 0 Å². The number of nitrogen functional groups attached to an aromatic ring is 1. The van der Waals surface area contributed by atoms with Crippen molar-refractivity contribution in [2.24, 2.45) is 0 Å². The van der Waals surface area contributed by atoms with Gasteiger partial charge in [-0.2, -0.15) is 0 Å². The van der Waals surface area contributed by atoms with Crippen LogP contribution in [-0.2, 0) is 0 Å². The molecule has 106 valence electrons. The van der Waals surface area contributed by atoms with Gasteiger partial charge in [-0.05, 0) is 24.3 Å². The molecule has 0 aliphatic rings. The number of fused-ring (bicyclic) bond motifs is 1. The Kier molecular flexibility index (Phi) is 3.35. The second kappa shape index (κ2) is 5.18. The van der Waals surface area contributed by atoms with Crippen LogP contribution < -0.4 is 10.6 Å². The maximum absolute atomic E-state index is 13.3. The van der Waals surface area contributed by atoms with Gasteiger partial charge in [0.05, 0.1) is 5.69 Å². The van der Waals surface area contributed by atoms with Crippen LogP contribution in [0.1, 0.15) is 9.67 Å². The highest BCUT2D eigenvalue weighted by Crippen LogP contribution is 2.34. The van der Waals surface area contributed by atoms with Crippen LogP contribution in [0, 0.1) is 5.82 Å². The van der Waals surface area contributed by atoms with Crippen LogP contribution in [0.2, 0.25) is 0 Å². The van der Waals surface area contributed by atoms with Gasteiger partial charge in [0.25, 0.3) is 5.91 Å². The van der Waals surface area contributed by atoms with Crippen molar-refractivity contribution in [1.82, 2.24) is 0 Å². The largest absolute Gasteiger partial charge is 0.397 e. The average Bonchev–Trinajstić information content (AvgIpc) is 2.83. The monoisotopic (exact) mass is 300 g/mol. The van der Waals surface area contributed by atoms with Crippen LogP contribution >= 0.6 is 11.3 Å².